The summed E-state index contributed by atoms with van der Waals surface area (Å²) in [5, 5.41) is 0. The van der Waals surface area contributed by atoms with E-state index in [2.05, 4.69) is 6.92 Å². The highest BCUT2D eigenvalue weighted by molar-refractivity contribution is 5.99. The number of ketones is 3. The average Bonchev–Trinajstić information content (AvgIpc) is 2.32. The molecule has 0 spiro atoms. The lowest BCUT2D eigenvalue weighted by molar-refractivity contribution is -0.127. The summed E-state index contributed by atoms with van der Waals surface area (Å²) in [7, 11) is 0. The molecule has 0 aliphatic carbocycles. The van der Waals surface area contributed by atoms with Crippen LogP contribution in [0.4, 0.5) is 0 Å². The van der Waals surface area contributed by atoms with Crippen LogP contribution in [0.3, 0.4) is 0 Å². The molecule has 0 rings (SSSR count). The van der Waals surface area contributed by atoms with Gasteiger partial charge in [0.05, 0.1) is 6.42 Å². The van der Waals surface area contributed by atoms with Crippen LogP contribution in [0.25, 0.3) is 0 Å². The van der Waals surface area contributed by atoms with Gasteiger partial charge >= 0.3 is 0 Å². The van der Waals surface area contributed by atoms with Crippen LogP contribution in [0.5, 0.6) is 0 Å². The van der Waals surface area contributed by atoms with E-state index in [4.69, 9.17) is 0 Å². The van der Waals surface area contributed by atoms with Gasteiger partial charge in [0.2, 0.25) is 0 Å². The van der Waals surface area contributed by atoms with Gasteiger partial charge in [-0.15, -0.1) is 0 Å². The molecular formula is C16H28O3. The quantitative estimate of drug-likeness (QED) is 0.398. The first-order chi connectivity index (χ1) is 8.95. The molecule has 0 N–H and O–H groups in total. The SMILES string of the molecule is CCCCCCC(=O)CC(=O)CC(C)CCC(C)=O. The van der Waals surface area contributed by atoms with Gasteiger partial charge in [-0.2, -0.15) is 0 Å². The number of rotatable bonds is 12. The second kappa shape index (κ2) is 10.9. The van der Waals surface area contributed by atoms with E-state index in [1.807, 2.05) is 6.92 Å². The second-order valence-electron chi connectivity index (χ2n) is 5.61. The Labute approximate surface area is 117 Å². The maximum absolute atomic E-state index is 11.7. The van der Waals surface area contributed by atoms with Crippen molar-refractivity contribution >= 4 is 17.3 Å². The number of carbonyl (C=O) groups excluding carboxylic acids is 3. The Morgan fingerprint density at radius 3 is 2.21 bits per heavy atom. The maximum atomic E-state index is 11.7. The van der Waals surface area contributed by atoms with Gasteiger partial charge in [0, 0.05) is 19.3 Å². The summed E-state index contributed by atoms with van der Waals surface area (Å²) in [5.41, 5.74) is 0. The highest BCUT2D eigenvalue weighted by Gasteiger charge is 2.13. The standard InChI is InChI=1S/C16H28O3/c1-4-5-6-7-8-15(18)12-16(19)11-13(2)9-10-14(3)17/h13H,4-12H2,1-3H3. The van der Waals surface area contributed by atoms with E-state index in [0.29, 0.717) is 19.3 Å². The molecule has 1 atom stereocenters. The third-order valence-electron chi connectivity index (χ3n) is 3.27. The van der Waals surface area contributed by atoms with Crippen molar-refractivity contribution in [2.45, 2.75) is 78.6 Å². The van der Waals surface area contributed by atoms with Crippen LogP contribution < -0.4 is 0 Å². The Hall–Kier alpha value is -0.990. The van der Waals surface area contributed by atoms with Crippen molar-refractivity contribution in [3.63, 3.8) is 0 Å². The Morgan fingerprint density at radius 1 is 0.947 bits per heavy atom. The molecule has 110 valence electrons. The molecule has 0 aliphatic heterocycles. The summed E-state index contributed by atoms with van der Waals surface area (Å²) in [4.78, 5) is 34.1. The smallest absolute Gasteiger partial charge is 0.140 e. The molecule has 0 aromatic heterocycles. The normalized spacial score (nSPS) is 12.2. The van der Waals surface area contributed by atoms with Gasteiger partial charge in [-0.05, 0) is 25.7 Å². The van der Waals surface area contributed by atoms with Gasteiger partial charge in [0.25, 0.3) is 0 Å². The van der Waals surface area contributed by atoms with E-state index in [0.717, 1.165) is 32.1 Å². The second-order valence-corrected chi connectivity index (χ2v) is 5.61. The zero-order chi connectivity index (χ0) is 14.7. The van der Waals surface area contributed by atoms with Crippen LogP contribution in [-0.4, -0.2) is 17.3 Å². The van der Waals surface area contributed by atoms with Gasteiger partial charge in [0.1, 0.15) is 17.3 Å². The molecular weight excluding hydrogens is 240 g/mol. The number of unbranched alkanes of at least 4 members (excludes halogenated alkanes) is 3. The van der Waals surface area contributed by atoms with Crippen LogP contribution in [-0.2, 0) is 14.4 Å². The molecule has 0 radical (unpaired) electrons. The van der Waals surface area contributed by atoms with Gasteiger partial charge in [-0.25, -0.2) is 0 Å². The Balaban J connectivity index is 3.71. The lowest BCUT2D eigenvalue weighted by atomic mass is 9.95. The molecule has 1 unspecified atom stereocenters. The van der Waals surface area contributed by atoms with Gasteiger partial charge in [-0.1, -0.05) is 33.1 Å². The Kier molecular flexibility index (Phi) is 10.3. The molecule has 3 nitrogen and oxygen atoms in total. The monoisotopic (exact) mass is 268 g/mol. The summed E-state index contributed by atoms with van der Waals surface area (Å²) in [5.74, 6) is 0.451. The summed E-state index contributed by atoms with van der Waals surface area (Å²) >= 11 is 0. The van der Waals surface area contributed by atoms with E-state index < -0.39 is 0 Å². The van der Waals surface area contributed by atoms with E-state index in [9.17, 15) is 14.4 Å². The Morgan fingerprint density at radius 2 is 1.63 bits per heavy atom. The fraction of sp³-hybridized carbons (Fsp3) is 0.812. The molecule has 0 aromatic rings. The predicted octanol–water partition coefficient (Wildman–Crippen LogP) is 3.88. The zero-order valence-corrected chi connectivity index (χ0v) is 12.7. The van der Waals surface area contributed by atoms with Crippen LogP contribution in [0.1, 0.15) is 78.6 Å². The fourth-order valence-corrected chi connectivity index (χ4v) is 2.07. The van der Waals surface area contributed by atoms with Crippen molar-refractivity contribution in [3.8, 4) is 0 Å². The average molecular weight is 268 g/mol. The molecule has 3 heteroatoms. The van der Waals surface area contributed by atoms with Crippen LogP contribution >= 0.6 is 0 Å². The van der Waals surface area contributed by atoms with Gasteiger partial charge in [-0.3, -0.25) is 9.59 Å². The summed E-state index contributed by atoms with van der Waals surface area (Å²) < 4.78 is 0. The van der Waals surface area contributed by atoms with Crippen LogP contribution in [0.2, 0.25) is 0 Å². The lowest BCUT2D eigenvalue weighted by Crippen LogP contribution is -2.12. The van der Waals surface area contributed by atoms with Crippen molar-refractivity contribution in [2.24, 2.45) is 5.92 Å². The molecule has 19 heavy (non-hydrogen) atoms. The fourth-order valence-electron chi connectivity index (χ4n) is 2.07. The molecule has 0 heterocycles. The molecule has 0 fully saturated rings. The zero-order valence-electron chi connectivity index (χ0n) is 12.7. The minimum Gasteiger partial charge on any atom is -0.300 e. The van der Waals surface area contributed by atoms with Crippen molar-refractivity contribution in [1.29, 1.82) is 0 Å². The van der Waals surface area contributed by atoms with Crippen molar-refractivity contribution in [1.82, 2.24) is 0 Å². The Bertz CT molecular complexity index is 294. The van der Waals surface area contributed by atoms with Gasteiger partial charge < -0.3 is 4.79 Å². The summed E-state index contributed by atoms with van der Waals surface area (Å²) in [6, 6.07) is 0. The minimum atomic E-state index is 0.0246. The maximum Gasteiger partial charge on any atom is 0.140 e. The third kappa shape index (κ3) is 11.8. The van der Waals surface area contributed by atoms with E-state index >= 15 is 0 Å². The number of hydrogen-bond acceptors (Lipinski definition) is 3. The van der Waals surface area contributed by atoms with E-state index in [-0.39, 0.29) is 29.7 Å². The summed E-state index contributed by atoms with van der Waals surface area (Å²) in [6.07, 6.45) is 6.60. The lowest BCUT2D eigenvalue weighted by Gasteiger charge is -2.08. The third-order valence-corrected chi connectivity index (χ3v) is 3.27. The largest absolute Gasteiger partial charge is 0.300 e. The van der Waals surface area contributed by atoms with Crippen molar-refractivity contribution in [3.05, 3.63) is 0 Å². The van der Waals surface area contributed by atoms with Crippen LogP contribution in [0.15, 0.2) is 0 Å². The van der Waals surface area contributed by atoms with Crippen molar-refractivity contribution in [2.75, 3.05) is 0 Å². The molecule has 0 aliphatic rings. The molecule has 0 amide bonds. The summed E-state index contributed by atoms with van der Waals surface area (Å²) in [6.45, 7) is 5.66. The van der Waals surface area contributed by atoms with Gasteiger partial charge in [0.15, 0.2) is 0 Å². The predicted molar refractivity (Wildman–Crippen MR) is 77.1 cm³/mol. The van der Waals surface area contributed by atoms with Crippen molar-refractivity contribution < 1.29 is 14.4 Å². The highest BCUT2D eigenvalue weighted by Crippen LogP contribution is 2.13. The number of Topliss-reactive ketones (excluding diaryl/α,β-unsaturated/α-hetero) is 3. The highest BCUT2D eigenvalue weighted by atomic mass is 16.1. The van der Waals surface area contributed by atoms with Crippen LogP contribution in [0, 0.1) is 5.92 Å². The number of hydrogen-bond donors (Lipinski definition) is 0. The molecule has 0 saturated carbocycles. The molecule has 0 saturated heterocycles. The van der Waals surface area contributed by atoms with E-state index in [1.165, 1.54) is 0 Å². The molecule has 0 bridgehead atoms. The number of carbonyl (C=O) groups is 3. The molecule has 0 aromatic carbocycles. The topological polar surface area (TPSA) is 51.2 Å². The first-order valence-electron chi connectivity index (χ1n) is 7.48. The van der Waals surface area contributed by atoms with E-state index in [1.54, 1.807) is 6.92 Å². The first kappa shape index (κ1) is 18.0. The minimum absolute atomic E-state index is 0.0246. The first-order valence-corrected chi connectivity index (χ1v) is 7.48.